The molecule has 0 unspecified atom stereocenters. The van der Waals surface area contributed by atoms with Crippen molar-refractivity contribution in [1.29, 1.82) is 0 Å². The van der Waals surface area contributed by atoms with Gasteiger partial charge in [0, 0.05) is 30.4 Å². The van der Waals surface area contributed by atoms with Gasteiger partial charge in [0.15, 0.2) is 0 Å². The fourth-order valence-corrected chi connectivity index (χ4v) is 2.28. The average molecular weight is 298 g/mol. The number of piperidine rings is 1. The first-order valence-corrected chi connectivity index (χ1v) is 6.73. The minimum Gasteiger partial charge on any atom is -0.453 e. The molecule has 20 heavy (non-hydrogen) atoms. The van der Waals surface area contributed by atoms with Crippen LogP contribution in [0.3, 0.4) is 0 Å². The molecule has 2 heterocycles. The highest BCUT2D eigenvalue weighted by Crippen LogP contribution is 2.13. The predicted octanol–water partition coefficient (Wildman–Crippen LogP) is 1.70. The van der Waals surface area contributed by atoms with E-state index in [1.807, 2.05) is 0 Å². The lowest BCUT2D eigenvalue weighted by atomic mass is 10.1. The van der Waals surface area contributed by atoms with Gasteiger partial charge in [0.2, 0.25) is 0 Å². The van der Waals surface area contributed by atoms with Gasteiger partial charge in [-0.2, -0.15) is 0 Å². The molecule has 0 aromatic carbocycles. The van der Waals surface area contributed by atoms with Crippen molar-refractivity contribution in [3.8, 4) is 0 Å². The molecular formula is C13H16ClN3O3. The van der Waals surface area contributed by atoms with Gasteiger partial charge in [-0.15, -0.1) is 0 Å². The van der Waals surface area contributed by atoms with Gasteiger partial charge in [0.05, 0.1) is 7.11 Å². The Morgan fingerprint density at radius 3 is 2.75 bits per heavy atom. The number of carbonyl (C=O) groups excluding carboxylic acids is 2. The van der Waals surface area contributed by atoms with Gasteiger partial charge in [-0.3, -0.25) is 9.78 Å². The average Bonchev–Trinajstić information content (AvgIpc) is 2.47. The normalized spacial score (nSPS) is 15.8. The molecule has 0 spiro atoms. The van der Waals surface area contributed by atoms with Gasteiger partial charge in [-0.05, 0) is 25.0 Å². The smallest absolute Gasteiger partial charge is 0.409 e. The van der Waals surface area contributed by atoms with Crippen LogP contribution < -0.4 is 5.32 Å². The minimum atomic E-state index is -0.328. The number of halogens is 1. The summed E-state index contributed by atoms with van der Waals surface area (Å²) in [5, 5.41) is 3.38. The fraction of sp³-hybridized carbons (Fsp3) is 0.462. The predicted molar refractivity (Wildman–Crippen MR) is 73.7 cm³/mol. The topological polar surface area (TPSA) is 71.5 Å². The Balaban J connectivity index is 1.86. The lowest BCUT2D eigenvalue weighted by Gasteiger charge is -2.31. The van der Waals surface area contributed by atoms with Crippen molar-refractivity contribution < 1.29 is 14.3 Å². The quantitative estimate of drug-likeness (QED) is 0.902. The summed E-state index contributed by atoms with van der Waals surface area (Å²) >= 11 is 5.82. The summed E-state index contributed by atoms with van der Waals surface area (Å²) < 4.78 is 4.66. The van der Waals surface area contributed by atoms with E-state index in [-0.39, 0.29) is 18.0 Å². The maximum absolute atomic E-state index is 12.0. The van der Waals surface area contributed by atoms with Crippen LogP contribution >= 0.6 is 11.6 Å². The van der Waals surface area contributed by atoms with Gasteiger partial charge in [0.25, 0.3) is 5.91 Å². The number of ether oxygens (including phenoxy) is 1. The van der Waals surface area contributed by atoms with Crippen molar-refractivity contribution in [1.82, 2.24) is 15.2 Å². The zero-order chi connectivity index (χ0) is 14.5. The molecule has 1 aliphatic rings. The number of nitrogens with one attached hydrogen (secondary N) is 1. The first-order valence-electron chi connectivity index (χ1n) is 6.35. The highest BCUT2D eigenvalue weighted by Gasteiger charge is 2.24. The van der Waals surface area contributed by atoms with Crippen LogP contribution in [-0.4, -0.2) is 48.1 Å². The van der Waals surface area contributed by atoms with Gasteiger partial charge in [0.1, 0.15) is 5.69 Å². The van der Waals surface area contributed by atoms with Crippen LogP contribution in [0.15, 0.2) is 18.3 Å². The lowest BCUT2D eigenvalue weighted by Crippen LogP contribution is -2.46. The van der Waals surface area contributed by atoms with E-state index in [2.05, 4.69) is 15.0 Å². The highest BCUT2D eigenvalue weighted by molar-refractivity contribution is 6.30. The van der Waals surface area contributed by atoms with Gasteiger partial charge >= 0.3 is 6.09 Å². The Bertz CT molecular complexity index is 501. The fourth-order valence-electron chi connectivity index (χ4n) is 2.12. The minimum absolute atomic E-state index is 0.0317. The Labute approximate surface area is 122 Å². The van der Waals surface area contributed by atoms with Crippen LogP contribution in [-0.2, 0) is 4.74 Å². The molecule has 1 aromatic rings. The first-order chi connectivity index (χ1) is 9.60. The second-order valence-corrected chi connectivity index (χ2v) is 5.00. The molecule has 1 fully saturated rings. The molecule has 0 bridgehead atoms. The van der Waals surface area contributed by atoms with Crippen LogP contribution in [0.25, 0.3) is 0 Å². The summed E-state index contributed by atoms with van der Waals surface area (Å²) in [4.78, 5) is 29.0. The van der Waals surface area contributed by atoms with Crippen molar-refractivity contribution in [3.05, 3.63) is 29.0 Å². The number of likely N-dealkylation sites (tertiary alicyclic amines) is 1. The molecule has 1 aliphatic heterocycles. The summed E-state index contributed by atoms with van der Waals surface area (Å²) in [6.45, 7) is 1.14. The molecule has 1 N–H and O–H groups in total. The van der Waals surface area contributed by atoms with Gasteiger partial charge in [-0.1, -0.05) is 11.6 Å². The second kappa shape index (κ2) is 6.56. The summed E-state index contributed by atoms with van der Waals surface area (Å²) in [7, 11) is 1.36. The van der Waals surface area contributed by atoms with E-state index in [0.717, 1.165) is 0 Å². The molecule has 0 aliphatic carbocycles. The third-order valence-corrected chi connectivity index (χ3v) is 3.45. The Kier molecular flexibility index (Phi) is 4.79. The van der Waals surface area contributed by atoms with E-state index in [0.29, 0.717) is 36.6 Å². The maximum Gasteiger partial charge on any atom is 0.409 e. The SMILES string of the molecule is COC(=O)N1CCC(NC(=O)c2cc(Cl)ccn2)CC1. The van der Waals surface area contributed by atoms with Gasteiger partial charge < -0.3 is 15.0 Å². The van der Waals surface area contributed by atoms with Crippen molar-refractivity contribution >= 4 is 23.6 Å². The zero-order valence-electron chi connectivity index (χ0n) is 11.1. The molecule has 0 saturated carbocycles. The van der Waals surface area contributed by atoms with Crippen LogP contribution in [0.1, 0.15) is 23.3 Å². The third-order valence-electron chi connectivity index (χ3n) is 3.22. The number of hydrogen-bond donors (Lipinski definition) is 1. The number of pyridine rings is 1. The molecule has 2 amide bonds. The standard InChI is InChI=1S/C13H16ClN3O3/c1-20-13(19)17-6-3-10(4-7-17)16-12(18)11-8-9(14)2-5-15-11/h2,5,8,10H,3-4,6-7H2,1H3,(H,16,18). The van der Waals surface area contributed by atoms with Crippen LogP contribution in [0.4, 0.5) is 4.79 Å². The second-order valence-electron chi connectivity index (χ2n) is 4.56. The van der Waals surface area contributed by atoms with Gasteiger partial charge in [-0.25, -0.2) is 4.79 Å². The number of hydrogen-bond acceptors (Lipinski definition) is 4. The van der Waals surface area contributed by atoms with E-state index >= 15 is 0 Å². The molecule has 0 atom stereocenters. The molecule has 0 radical (unpaired) electrons. The number of aromatic nitrogens is 1. The van der Waals surface area contributed by atoms with Crippen molar-refractivity contribution in [2.45, 2.75) is 18.9 Å². The van der Waals surface area contributed by atoms with E-state index in [1.54, 1.807) is 11.0 Å². The van der Waals surface area contributed by atoms with Crippen molar-refractivity contribution in [2.75, 3.05) is 20.2 Å². The summed E-state index contributed by atoms with van der Waals surface area (Å²) in [5.41, 5.74) is 0.299. The molecule has 1 aromatic heterocycles. The van der Waals surface area contributed by atoms with Crippen LogP contribution in [0, 0.1) is 0 Å². The first kappa shape index (κ1) is 14.6. The number of nitrogens with zero attached hydrogens (tertiary/aromatic N) is 2. The largest absolute Gasteiger partial charge is 0.453 e. The molecule has 7 heteroatoms. The molecule has 1 saturated heterocycles. The zero-order valence-corrected chi connectivity index (χ0v) is 11.9. The Hall–Kier alpha value is -1.82. The summed E-state index contributed by atoms with van der Waals surface area (Å²) in [5.74, 6) is -0.246. The number of methoxy groups -OCH3 is 1. The molecular weight excluding hydrogens is 282 g/mol. The number of amides is 2. The Morgan fingerprint density at radius 2 is 2.15 bits per heavy atom. The lowest BCUT2D eigenvalue weighted by molar-refractivity contribution is 0.0887. The van der Waals surface area contributed by atoms with Crippen molar-refractivity contribution in [3.63, 3.8) is 0 Å². The van der Waals surface area contributed by atoms with E-state index in [9.17, 15) is 9.59 Å². The van der Waals surface area contributed by atoms with Crippen LogP contribution in [0.5, 0.6) is 0 Å². The molecule has 2 rings (SSSR count). The van der Waals surface area contributed by atoms with Crippen molar-refractivity contribution in [2.24, 2.45) is 0 Å². The summed E-state index contributed by atoms with van der Waals surface area (Å²) in [6.07, 6.45) is 2.56. The van der Waals surface area contributed by atoms with E-state index < -0.39 is 0 Å². The number of rotatable bonds is 2. The highest BCUT2D eigenvalue weighted by atomic mass is 35.5. The monoisotopic (exact) mass is 297 g/mol. The number of carbonyl (C=O) groups is 2. The maximum atomic E-state index is 12.0. The van der Waals surface area contributed by atoms with E-state index in [1.165, 1.54) is 19.4 Å². The third kappa shape index (κ3) is 3.60. The Morgan fingerprint density at radius 1 is 1.45 bits per heavy atom. The van der Waals surface area contributed by atoms with E-state index in [4.69, 9.17) is 11.6 Å². The molecule has 6 nitrogen and oxygen atoms in total. The molecule has 108 valence electrons. The summed E-state index contributed by atoms with van der Waals surface area (Å²) in [6, 6.07) is 3.18. The van der Waals surface area contributed by atoms with Crippen LogP contribution in [0.2, 0.25) is 5.02 Å².